The lowest BCUT2D eigenvalue weighted by Gasteiger charge is -2.31. The minimum atomic E-state index is -3.65. The van der Waals surface area contributed by atoms with Gasteiger partial charge >= 0.3 is 0 Å². The highest BCUT2D eigenvalue weighted by Crippen LogP contribution is 2.30. The fourth-order valence-electron chi connectivity index (χ4n) is 3.50. The molecule has 0 saturated carbocycles. The van der Waals surface area contributed by atoms with Crippen LogP contribution in [-0.2, 0) is 20.4 Å². The van der Waals surface area contributed by atoms with Crippen molar-refractivity contribution >= 4 is 27.3 Å². The van der Waals surface area contributed by atoms with E-state index in [-0.39, 0.29) is 23.7 Å². The number of carbonyl (C=O) groups is 1. The predicted octanol–water partition coefficient (Wildman–Crippen LogP) is 2.66. The van der Waals surface area contributed by atoms with Crippen LogP contribution in [0.5, 0.6) is 17.2 Å². The van der Waals surface area contributed by atoms with E-state index in [2.05, 4.69) is 15.4 Å². The number of phenolic OH excluding ortho intramolecular Hbond substituents is 2. The van der Waals surface area contributed by atoms with Gasteiger partial charge in [0, 0.05) is 12.2 Å². The van der Waals surface area contributed by atoms with Gasteiger partial charge in [0.05, 0.1) is 25.2 Å². The first kappa shape index (κ1) is 26.8. The summed E-state index contributed by atoms with van der Waals surface area (Å²) in [7, 11) is -2.12. The number of hydrogen-bond acceptors (Lipinski definition) is 8. The van der Waals surface area contributed by atoms with Crippen LogP contribution in [0.15, 0.2) is 66.7 Å². The summed E-state index contributed by atoms with van der Waals surface area (Å²) in [6, 6.07) is 16.9. The van der Waals surface area contributed by atoms with Gasteiger partial charge in [-0.2, -0.15) is 0 Å². The second-order valence-electron chi connectivity index (χ2n) is 8.40. The molecular weight excluding hydrogens is 486 g/mol. The number of aliphatic hydroxyl groups is 1. The molecule has 0 aromatic heterocycles. The highest BCUT2D eigenvalue weighted by molar-refractivity contribution is 7.92. The molecule has 192 valence electrons. The lowest BCUT2D eigenvalue weighted by Crippen LogP contribution is -2.50. The molecule has 0 fully saturated rings. The largest absolute Gasteiger partial charge is 0.508 e. The van der Waals surface area contributed by atoms with Crippen LogP contribution in [0.2, 0.25) is 0 Å². The average molecular weight is 516 g/mol. The molecule has 1 amide bonds. The molecule has 36 heavy (non-hydrogen) atoms. The van der Waals surface area contributed by atoms with Crippen molar-refractivity contribution in [3.05, 3.63) is 77.9 Å². The lowest BCUT2D eigenvalue weighted by atomic mass is 9.90. The molecule has 6 N–H and O–H groups in total. The Balaban J connectivity index is 1.86. The number of carbonyl (C=O) groups excluding carboxylic acids is 1. The first-order chi connectivity index (χ1) is 16.9. The molecule has 0 bridgehead atoms. The third kappa shape index (κ3) is 6.66. The minimum Gasteiger partial charge on any atom is -0.508 e. The summed E-state index contributed by atoms with van der Waals surface area (Å²) in [5, 5.41) is 36.2. The summed E-state index contributed by atoms with van der Waals surface area (Å²) in [4.78, 5) is 13.4. The Bertz CT molecular complexity index is 1310. The Hall–Kier alpha value is -3.80. The van der Waals surface area contributed by atoms with Crippen LogP contribution in [0.1, 0.15) is 24.2 Å². The normalized spacial score (nSPS) is 13.9. The average Bonchev–Trinajstić information content (AvgIpc) is 2.84. The molecule has 0 radical (unpaired) electrons. The van der Waals surface area contributed by atoms with Crippen molar-refractivity contribution in [3.63, 3.8) is 0 Å². The smallest absolute Gasteiger partial charge is 0.249 e. The van der Waals surface area contributed by atoms with Crippen LogP contribution in [0, 0.1) is 0 Å². The number of benzene rings is 3. The first-order valence-electron chi connectivity index (χ1n) is 10.9. The summed E-state index contributed by atoms with van der Waals surface area (Å²) in [5.41, 5.74) is 0.00180. The van der Waals surface area contributed by atoms with Gasteiger partial charge in [-0.15, -0.1) is 0 Å². The van der Waals surface area contributed by atoms with E-state index >= 15 is 0 Å². The molecule has 0 spiro atoms. The number of nitrogens with one attached hydrogen (secondary N) is 3. The Morgan fingerprint density at radius 2 is 1.67 bits per heavy atom. The van der Waals surface area contributed by atoms with Gasteiger partial charge in [-0.3, -0.25) is 14.8 Å². The van der Waals surface area contributed by atoms with Gasteiger partial charge in [-0.25, -0.2) is 8.42 Å². The fourth-order valence-corrected chi connectivity index (χ4v) is 4.06. The Kier molecular flexibility index (Phi) is 8.08. The summed E-state index contributed by atoms with van der Waals surface area (Å²) < 4.78 is 30.6. The van der Waals surface area contributed by atoms with Gasteiger partial charge in [0.25, 0.3) is 0 Å². The summed E-state index contributed by atoms with van der Waals surface area (Å²) in [5.74, 6) is -0.0442. The Labute approximate surface area is 209 Å². The van der Waals surface area contributed by atoms with E-state index in [4.69, 9.17) is 4.74 Å². The number of hydrogen-bond donors (Lipinski definition) is 6. The molecule has 0 saturated heterocycles. The molecule has 3 aromatic rings. The van der Waals surface area contributed by atoms with Crippen molar-refractivity contribution < 1.29 is 33.3 Å². The van der Waals surface area contributed by atoms with Crippen molar-refractivity contribution in [2.24, 2.45) is 0 Å². The summed E-state index contributed by atoms with van der Waals surface area (Å²) >= 11 is 0. The van der Waals surface area contributed by atoms with Crippen LogP contribution in [0.25, 0.3) is 0 Å². The third-order valence-electron chi connectivity index (χ3n) is 5.60. The van der Waals surface area contributed by atoms with Gasteiger partial charge in [-0.05, 0) is 66.6 Å². The number of aromatic hydroxyl groups is 2. The molecular formula is C25H29N3O7S. The highest BCUT2D eigenvalue weighted by Gasteiger charge is 2.35. The maximum absolute atomic E-state index is 13.4. The van der Waals surface area contributed by atoms with E-state index in [9.17, 15) is 28.5 Å². The predicted molar refractivity (Wildman–Crippen MR) is 137 cm³/mol. The zero-order valence-corrected chi connectivity index (χ0v) is 20.8. The zero-order valence-electron chi connectivity index (χ0n) is 20.0. The molecule has 0 unspecified atom stereocenters. The van der Waals surface area contributed by atoms with Crippen LogP contribution >= 0.6 is 0 Å². The van der Waals surface area contributed by atoms with E-state index in [0.717, 1.165) is 6.26 Å². The van der Waals surface area contributed by atoms with E-state index in [1.807, 2.05) is 0 Å². The Morgan fingerprint density at radius 1 is 1.03 bits per heavy atom. The first-order valence-corrected chi connectivity index (χ1v) is 12.8. The minimum absolute atomic E-state index is 0.0609. The van der Waals surface area contributed by atoms with E-state index in [1.54, 1.807) is 43.3 Å². The van der Waals surface area contributed by atoms with Crippen molar-refractivity contribution in [2.45, 2.75) is 18.6 Å². The van der Waals surface area contributed by atoms with Crippen molar-refractivity contribution in [1.29, 1.82) is 0 Å². The van der Waals surface area contributed by atoms with Crippen LogP contribution in [0.3, 0.4) is 0 Å². The number of methoxy groups -OCH3 is 1. The van der Waals surface area contributed by atoms with Gasteiger partial charge in [-0.1, -0.05) is 18.2 Å². The second kappa shape index (κ2) is 10.9. The molecule has 0 aliphatic heterocycles. The number of anilines is 2. The third-order valence-corrected chi connectivity index (χ3v) is 6.19. The van der Waals surface area contributed by atoms with Crippen LogP contribution in [-0.4, -0.2) is 49.6 Å². The van der Waals surface area contributed by atoms with Crippen molar-refractivity contribution in [1.82, 2.24) is 5.32 Å². The van der Waals surface area contributed by atoms with Gasteiger partial charge in [0.1, 0.15) is 22.8 Å². The molecule has 11 heteroatoms. The maximum atomic E-state index is 13.4. The Morgan fingerprint density at radius 3 is 2.25 bits per heavy atom. The maximum Gasteiger partial charge on any atom is 0.249 e. The van der Waals surface area contributed by atoms with Crippen molar-refractivity contribution in [2.75, 3.05) is 29.9 Å². The number of rotatable bonds is 10. The quantitative estimate of drug-likeness (QED) is 0.178. The molecule has 10 nitrogen and oxygen atoms in total. The molecule has 3 rings (SSSR count). The molecule has 3 aromatic carbocycles. The molecule has 0 aliphatic rings. The monoisotopic (exact) mass is 515 g/mol. The number of phenols is 2. The molecule has 0 aliphatic carbocycles. The fraction of sp³-hybridized carbons (Fsp3) is 0.240. The van der Waals surface area contributed by atoms with Gasteiger partial charge in [0.2, 0.25) is 15.9 Å². The SMILES string of the molecule is COc1ccc([C@](C)(NC[C@H](O)c2ccc(O)c(NS(C)(=O)=O)c2)C(=O)Nc2ccc(O)cc2)cc1. The number of amides is 1. The molecule has 2 atom stereocenters. The highest BCUT2D eigenvalue weighted by atomic mass is 32.2. The second-order valence-corrected chi connectivity index (χ2v) is 10.2. The van der Waals surface area contributed by atoms with E-state index in [0.29, 0.717) is 22.6 Å². The van der Waals surface area contributed by atoms with Gasteiger partial charge in [0.15, 0.2) is 0 Å². The van der Waals surface area contributed by atoms with Crippen LogP contribution in [0.4, 0.5) is 11.4 Å². The number of ether oxygens (including phenoxy) is 1. The number of aliphatic hydroxyl groups excluding tert-OH is 1. The number of sulfonamides is 1. The van der Waals surface area contributed by atoms with E-state index in [1.165, 1.54) is 37.4 Å². The zero-order chi connectivity index (χ0) is 26.5. The topological polar surface area (TPSA) is 157 Å². The van der Waals surface area contributed by atoms with Gasteiger partial charge < -0.3 is 25.4 Å². The molecule has 0 heterocycles. The summed E-state index contributed by atoms with van der Waals surface area (Å²) in [6.07, 6.45) is -0.200. The standard InChI is InChI=1S/C25H29N3O7S/c1-25(17-5-11-20(35-2)12-6-17,24(32)27-18-7-9-19(29)10-8-18)26-15-23(31)16-4-13-22(30)21(14-16)28-36(3,33)34/h4-14,23,26,28-31H,15H2,1-3H3,(H,27,32)/t23-,25-/m0/s1. The van der Waals surface area contributed by atoms with E-state index < -0.39 is 27.6 Å². The lowest BCUT2D eigenvalue weighted by molar-refractivity contribution is -0.122. The summed E-state index contributed by atoms with van der Waals surface area (Å²) in [6.45, 7) is 1.57. The van der Waals surface area contributed by atoms with Crippen LogP contribution < -0.4 is 20.1 Å². The van der Waals surface area contributed by atoms with Crippen molar-refractivity contribution in [3.8, 4) is 17.2 Å².